The predicted octanol–water partition coefficient (Wildman–Crippen LogP) is 2.52. The molecule has 0 saturated carbocycles. The molecule has 1 N–H and O–H groups in total. The predicted molar refractivity (Wildman–Crippen MR) is 77.9 cm³/mol. The highest BCUT2D eigenvalue weighted by atomic mass is 16.8. The van der Waals surface area contributed by atoms with Crippen LogP contribution in [0.2, 0.25) is 0 Å². The largest absolute Gasteiger partial charge is 0.481 e. The molecule has 3 aliphatic rings. The Morgan fingerprint density at radius 1 is 1.05 bits per heavy atom. The molecule has 0 unspecified atom stereocenters. The minimum atomic E-state index is -0.685. The summed E-state index contributed by atoms with van der Waals surface area (Å²) in [6.45, 7) is 3.70. The first-order valence-electron chi connectivity index (χ1n) is 7.64. The van der Waals surface area contributed by atoms with Gasteiger partial charge in [0.2, 0.25) is 0 Å². The van der Waals surface area contributed by atoms with Crippen molar-refractivity contribution in [3.63, 3.8) is 0 Å². The Labute approximate surface area is 129 Å². The molecule has 2 saturated heterocycles. The maximum absolute atomic E-state index is 9.94. The highest BCUT2D eigenvalue weighted by Crippen LogP contribution is 2.43. The molecule has 4 rings (SSSR count). The third-order valence-corrected chi connectivity index (χ3v) is 4.38. The molecule has 3 aliphatic heterocycles. The van der Waals surface area contributed by atoms with Gasteiger partial charge in [0.1, 0.15) is 6.10 Å². The molecule has 22 heavy (non-hydrogen) atoms. The smallest absolute Gasteiger partial charge is 0.273 e. The lowest BCUT2D eigenvalue weighted by molar-refractivity contribution is -0.225. The summed E-state index contributed by atoms with van der Waals surface area (Å²) in [4.78, 5) is 0. The van der Waals surface area contributed by atoms with Crippen molar-refractivity contribution in [1.29, 1.82) is 0 Å². The van der Waals surface area contributed by atoms with Crippen LogP contribution in [-0.4, -0.2) is 35.5 Å². The van der Waals surface area contributed by atoms with Crippen LogP contribution in [0.5, 0.6) is 0 Å². The van der Waals surface area contributed by atoms with Crippen molar-refractivity contribution in [2.24, 2.45) is 5.92 Å². The van der Waals surface area contributed by atoms with E-state index < -0.39 is 12.1 Å². The second kappa shape index (κ2) is 4.98. The Kier molecular flexibility index (Phi) is 3.18. The number of aliphatic hydroxyl groups excluding tert-OH is 1. The zero-order chi connectivity index (χ0) is 15.3. The quantitative estimate of drug-likeness (QED) is 0.910. The van der Waals surface area contributed by atoms with Crippen LogP contribution in [0.1, 0.15) is 19.4 Å². The summed E-state index contributed by atoms with van der Waals surface area (Å²) < 4.78 is 23.2. The van der Waals surface area contributed by atoms with Gasteiger partial charge in [-0.15, -0.1) is 0 Å². The van der Waals surface area contributed by atoms with Gasteiger partial charge in [-0.25, -0.2) is 0 Å². The Morgan fingerprint density at radius 3 is 2.59 bits per heavy atom. The van der Waals surface area contributed by atoms with Gasteiger partial charge in [-0.3, -0.25) is 0 Å². The second-order valence-electron chi connectivity index (χ2n) is 6.51. The van der Waals surface area contributed by atoms with Crippen LogP contribution in [0.15, 0.2) is 42.4 Å². The topological polar surface area (TPSA) is 57.2 Å². The zero-order valence-corrected chi connectivity index (χ0v) is 12.6. The molecule has 0 spiro atoms. The molecule has 5 atom stereocenters. The van der Waals surface area contributed by atoms with Gasteiger partial charge in [0.15, 0.2) is 24.3 Å². The summed E-state index contributed by atoms with van der Waals surface area (Å²) in [5.41, 5.74) is 1.19. The first-order valence-corrected chi connectivity index (χ1v) is 7.64. The van der Waals surface area contributed by atoms with Gasteiger partial charge in [-0.05, 0) is 25.8 Å². The Hall–Kier alpha value is -1.56. The molecule has 0 aromatic heterocycles. The molecular weight excluding hydrogens is 284 g/mol. The van der Waals surface area contributed by atoms with Crippen LogP contribution in [0.4, 0.5) is 0 Å². The van der Waals surface area contributed by atoms with Crippen LogP contribution in [-0.2, 0) is 25.4 Å². The van der Waals surface area contributed by atoms with E-state index in [1.807, 2.05) is 32.0 Å². The summed E-state index contributed by atoms with van der Waals surface area (Å²) in [6.07, 6.45) is 1.22. The van der Waals surface area contributed by atoms with Crippen molar-refractivity contribution in [3.05, 3.63) is 47.9 Å². The summed E-state index contributed by atoms with van der Waals surface area (Å²) in [6, 6.07) is 10.1. The number of hydrogen-bond acceptors (Lipinski definition) is 5. The van der Waals surface area contributed by atoms with E-state index in [0.717, 1.165) is 6.42 Å². The number of fused-ring (bicyclic) bond motifs is 3. The van der Waals surface area contributed by atoms with E-state index >= 15 is 0 Å². The van der Waals surface area contributed by atoms with Crippen LogP contribution in [0.25, 0.3) is 0 Å². The Bertz CT molecular complexity index is 582. The van der Waals surface area contributed by atoms with E-state index in [-0.39, 0.29) is 30.2 Å². The average molecular weight is 304 g/mol. The number of rotatable bonds is 2. The van der Waals surface area contributed by atoms with Crippen molar-refractivity contribution in [3.8, 4) is 0 Å². The van der Waals surface area contributed by atoms with Crippen LogP contribution >= 0.6 is 0 Å². The average Bonchev–Trinajstić information content (AvgIpc) is 2.93. The summed E-state index contributed by atoms with van der Waals surface area (Å²) >= 11 is 0. The second-order valence-corrected chi connectivity index (χ2v) is 6.51. The fourth-order valence-electron chi connectivity index (χ4n) is 3.50. The molecule has 1 aromatic carbocycles. The van der Waals surface area contributed by atoms with Gasteiger partial charge in [0.05, 0.1) is 0 Å². The van der Waals surface area contributed by atoms with Gasteiger partial charge in [-0.1, -0.05) is 30.3 Å². The highest BCUT2D eigenvalue weighted by Gasteiger charge is 2.58. The molecule has 5 nitrogen and oxygen atoms in total. The number of benzene rings is 1. The first-order chi connectivity index (χ1) is 10.5. The molecule has 0 radical (unpaired) electrons. The lowest BCUT2D eigenvalue weighted by atomic mass is 9.89. The van der Waals surface area contributed by atoms with Crippen molar-refractivity contribution in [2.45, 2.75) is 50.7 Å². The third-order valence-electron chi connectivity index (χ3n) is 4.38. The van der Waals surface area contributed by atoms with Crippen LogP contribution in [0.3, 0.4) is 0 Å². The van der Waals surface area contributed by atoms with E-state index in [2.05, 4.69) is 12.1 Å². The molecule has 0 amide bonds. The van der Waals surface area contributed by atoms with Crippen molar-refractivity contribution in [1.82, 2.24) is 0 Å². The fraction of sp³-hybridized carbons (Fsp3) is 0.529. The number of hydrogen-bond donors (Lipinski definition) is 1. The molecule has 1 aromatic rings. The summed E-state index contributed by atoms with van der Waals surface area (Å²) in [5, 5.41) is 9.94. The maximum atomic E-state index is 9.94. The van der Waals surface area contributed by atoms with Crippen molar-refractivity contribution < 1.29 is 24.1 Å². The van der Waals surface area contributed by atoms with Crippen LogP contribution < -0.4 is 0 Å². The summed E-state index contributed by atoms with van der Waals surface area (Å²) in [5.74, 6) is -0.711. The van der Waals surface area contributed by atoms with E-state index in [1.54, 1.807) is 6.08 Å². The lowest BCUT2D eigenvalue weighted by Crippen LogP contribution is -2.43. The van der Waals surface area contributed by atoms with Gasteiger partial charge in [0, 0.05) is 12.0 Å². The fourth-order valence-corrected chi connectivity index (χ4v) is 3.50. The normalized spacial score (nSPS) is 38.8. The van der Waals surface area contributed by atoms with E-state index in [4.69, 9.17) is 18.9 Å². The van der Waals surface area contributed by atoms with E-state index in [0.29, 0.717) is 0 Å². The minimum Gasteiger partial charge on any atom is -0.481 e. The first kappa shape index (κ1) is 14.1. The minimum absolute atomic E-state index is 0.0297. The third kappa shape index (κ3) is 2.39. The van der Waals surface area contributed by atoms with Gasteiger partial charge < -0.3 is 24.1 Å². The van der Waals surface area contributed by atoms with Gasteiger partial charge >= 0.3 is 0 Å². The molecule has 2 fully saturated rings. The van der Waals surface area contributed by atoms with E-state index in [9.17, 15) is 5.11 Å². The zero-order valence-electron chi connectivity index (χ0n) is 12.6. The Morgan fingerprint density at radius 2 is 1.82 bits per heavy atom. The van der Waals surface area contributed by atoms with Gasteiger partial charge in [-0.2, -0.15) is 0 Å². The molecule has 118 valence electrons. The molecule has 0 bridgehead atoms. The highest BCUT2D eigenvalue weighted by molar-refractivity contribution is 5.19. The number of aliphatic hydroxyl groups is 1. The Balaban J connectivity index is 1.56. The molecular formula is C17H20O5. The SMILES string of the molecule is CC1(C)O[C@H]2O[C@H]3[C@H](OC(O)=C[C@@H]3Cc3ccccc3)[C@H]2O1. The molecule has 3 heterocycles. The standard InChI is InChI=1S/C17H20O5/c1-17(2)21-15-14-13(20-16(15)22-17)11(9-12(18)19-14)8-10-6-4-3-5-7-10/h3-7,9,11,13-16,18H,8H2,1-2H3/t11-,13+,14-,15+,16+/m0/s1. The van der Waals surface area contributed by atoms with Gasteiger partial charge in [0.25, 0.3) is 5.95 Å². The lowest BCUT2D eigenvalue weighted by Gasteiger charge is -2.33. The number of ether oxygens (including phenoxy) is 4. The monoisotopic (exact) mass is 304 g/mol. The maximum Gasteiger partial charge on any atom is 0.273 e. The molecule has 0 aliphatic carbocycles. The van der Waals surface area contributed by atoms with Crippen LogP contribution in [0, 0.1) is 5.92 Å². The van der Waals surface area contributed by atoms with E-state index in [1.165, 1.54) is 5.56 Å². The van der Waals surface area contributed by atoms with Crippen molar-refractivity contribution >= 4 is 0 Å². The molecule has 5 heteroatoms. The summed E-state index contributed by atoms with van der Waals surface area (Å²) in [7, 11) is 0. The van der Waals surface area contributed by atoms with Crippen molar-refractivity contribution in [2.75, 3.05) is 0 Å².